The maximum Gasteiger partial charge on any atom is 0.254 e. The zero-order valence-corrected chi connectivity index (χ0v) is 28.3. The summed E-state index contributed by atoms with van der Waals surface area (Å²) in [6.07, 6.45) is 22.9. The number of alkyl halides is 1. The number of aliphatic hydroxyl groups is 1. The minimum atomic E-state index is -1.14. The monoisotopic (exact) mass is 648 g/mol. The molecule has 250 valence electrons. The predicted octanol–water partition coefficient (Wildman–Crippen LogP) is 6.02. The molecule has 3 heterocycles. The number of carbonyl (C=O) groups is 2. The first-order valence-electron chi connectivity index (χ1n) is 18.5. The van der Waals surface area contributed by atoms with E-state index in [1.54, 1.807) is 4.90 Å². The van der Waals surface area contributed by atoms with Gasteiger partial charge < -0.3 is 14.9 Å². The molecule has 3 spiro atoms. The van der Waals surface area contributed by atoms with E-state index < -0.39 is 5.60 Å². The minimum Gasteiger partial charge on any atom is -0.380 e. The lowest BCUT2D eigenvalue weighted by atomic mass is 9.57. The first kappa shape index (κ1) is 31.3. The van der Waals surface area contributed by atoms with E-state index in [2.05, 4.69) is 34.5 Å². The van der Waals surface area contributed by atoms with E-state index in [1.807, 2.05) is 17.0 Å². The maximum absolute atomic E-state index is 13.5. The molecule has 3 bridgehead atoms. The fourth-order valence-electron chi connectivity index (χ4n) is 10.9. The van der Waals surface area contributed by atoms with Crippen molar-refractivity contribution in [1.29, 1.82) is 0 Å². The van der Waals surface area contributed by atoms with Crippen LogP contribution in [0.3, 0.4) is 0 Å². The van der Waals surface area contributed by atoms with Gasteiger partial charge in [0.2, 0.25) is 0 Å². The zero-order chi connectivity index (χ0) is 31.6. The molecule has 2 amide bonds. The maximum atomic E-state index is 13.5. The van der Waals surface area contributed by atoms with Gasteiger partial charge in [0.1, 0.15) is 5.60 Å². The molecule has 5 unspecified atom stereocenters. The van der Waals surface area contributed by atoms with Crippen LogP contribution in [0.25, 0.3) is 0 Å². The number of rotatable bonds is 3. The van der Waals surface area contributed by atoms with Gasteiger partial charge in [0.25, 0.3) is 11.8 Å². The molecular formula is C38H53ClN4O3. The highest BCUT2D eigenvalue weighted by atomic mass is 35.5. The van der Waals surface area contributed by atoms with Crippen molar-refractivity contribution < 1.29 is 14.7 Å². The number of nitrogens with zero attached hydrogens (tertiary/aromatic N) is 3. The molecule has 0 radical (unpaired) electrons. The van der Waals surface area contributed by atoms with Crippen LogP contribution in [0.1, 0.15) is 118 Å². The third-order valence-electron chi connectivity index (χ3n) is 13.7. The molecule has 0 aromatic heterocycles. The smallest absolute Gasteiger partial charge is 0.254 e. The number of allylic oxidation sites excluding steroid dienone is 2. The average molecular weight is 649 g/mol. The van der Waals surface area contributed by atoms with Crippen molar-refractivity contribution in [3.63, 3.8) is 0 Å². The van der Waals surface area contributed by atoms with E-state index in [0.717, 1.165) is 19.5 Å². The summed E-state index contributed by atoms with van der Waals surface area (Å²) < 4.78 is 0. The summed E-state index contributed by atoms with van der Waals surface area (Å²) in [6, 6.07) is 8.64. The molecule has 46 heavy (non-hydrogen) atoms. The van der Waals surface area contributed by atoms with Crippen LogP contribution in [0, 0.1) is 16.7 Å². The van der Waals surface area contributed by atoms with E-state index in [4.69, 9.17) is 11.6 Å². The number of fused-ring (bicyclic) bond motifs is 3. The minimum absolute atomic E-state index is 0.0229. The third-order valence-corrected chi connectivity index (χ3v) is 14.3. The molecular weight excluding hydrogens is 596 g/mol. The normalized spacial score (nSPS) is 37.7. The van der Waals surface area contributed by atoms with Crippen LogP contribution in [-0.4, -0.2) is 87.5 Å². The number of benzene rings is 1. The lowest BCUT2D eigenvalue weighted by Crippen LogP contribution is -2.70. The number of carbonyl (C=O) groups excluding carboxylic acids is 2. The van der Waals surface area contributed by atoms with Gasteiger partial charge in [-0.1, -0.05) is 56.4 Å². The summed E-state index contributed by atoms with van der Waals surface area (Å²) in [4.78, 5) is 32.5. The second-order valence-corrected chi connectivity index (χ2v) is 16.6. The van der Waals surface area contributed by atoms with E-state index in [0.29, 0.717) is 50.5 Å². The molecule has 5 atom stereocenters. The molecule has 1 aromatic carbocycles. The fraction of sp³-hybridized carbons (Fsp3) is 0.737. The van der Waals surface area contributed by atoms with Gasteiger partial charge in [-0.3, -0.25) is 19.8 Å². The molecule has 8 heteroatoms. The van der Waals surface area contributed by atoms with Crippen LogP contribution in [0.4, 0.5) is 0 Å². The molecule has 7 aliphatic rings. The SMILES string of the molecule is O=C(c1ccc(C2CNC34CC5(CCCC/C=C\C(CC5)C35CCCCCC5)C(Cl)CN24)cc1)N1CCN(C(=O)C2(O)CC2)CC1. The Bertz CT molecular complexity index is 1350. The fourth-order valence-corrected chi connectivity index (χ4v) is 11.4. The molecule has 2 N–H and O–H groups in total. The summed E-state index contributed by atoms with van der Waals surface area (Å²) in [5, 5.41) is 14.7. The second kappa shape index (κ2) is 11.9. The molecule has 8 rings (SSSR count). The van der Waals surface area contributed by atoms with Crippen LogP contribution in [0.15, 0.2) is 36.4 Å². The van der Waals surface area contributed by atoms with E-state index in [1.165, 1.54) is 82.6 Å². The molecule has 6 fully saturated rings. The number of nitrogens with one attached hydrogen (secondary N) is 1. The van der Waals surface area contributed by atoms with Crippen LogP contribution in [-0.2, 0) is 4.79 Å². The van der Waals surface area contributed by atoms with Crippen molar-refractivity contribution in [2.75, 3.05) is 39.3 Å². The highest BCUT2D eigenvalue weighted by molar-refractivity contribution is 6.21. The zero-order valence-electron chi connectivity index (χ0n) is 27.5. The molecule has 7 nitrogen and oxygen atoms in total. The highest BCUT2D eigenvalue weighted by Crippen LogP contribution is 2.66. The Morgan fingerprint density at radius 3 is 2.26 bits per heavy atom. The van der Waals surface area contributed by atoms with E-state index >= 15 is 0 Å². The van der Waals surface area contributed by atoms with Gasteiger partial charge >= 0.3 is 0 Å². The van der Waals surface area contributed by atoms with Crippen LogP contribution in [0.5, 0.6) is 0 Å². The molecule has 1 aromatic rings. The average Bonchev–Trinajstić information content (AvgIpc) is 3.82. The Morgan fingerprint density at radius 1 is 0.848 bits per heavy atom. The molecule has 4 aliphatic carbocycles. The van der Waals surface area contributed by atoms with Gasteiger partial charge in [-0.15, -0.1) is 11.6 Å². The van der Waals surface area contributed by atoms with Crippen molar-refractivity contribution in [1.82, 2.24) is 20.0 Å². The molecule has 3 aliphatic heterocycles. The van der Waals surface area contributed by atoms with E-state index in [9.17, 15) is 14.7 Å². The number of hydrogen-bond donors (Lipinski definition) is 2. The van der Waals surface area contributed by atoms with Gasteiger partial charge in [-0.05, 0) is 93.2 Å². The number of piperidine rings is 1. The van der Waals surface area contributed by atoms with Crippen molar-refractivity contribution in [3.05, 3.63) is 47.5 Å². The standard InChI is InChI=1S/C38H53ClN4O3/c39-32-26-43-31(28-10-12-29(13-11-28)33(44)41-21-23-42(24-22-41)34(45)37(46)19-20-37)25-40-38(43)27-35(32)15-6-2-1-5-9-30(14-18-35)36(38)16-7-3-4-8-17-36/h5,9-13,30-32,40,46H,1-4,6-8,14-27H2/b9-5-. The third kappa shape index (κ3) is 5.01. The number of piperazine rings is 1. The number of hydrogen-bond acceptors (Lipinski definition) is 5. The lowest BCUT2D eigenvalue weighted by Gasteiger charge is -2.61. The van der Waals surface area contributed by atoms with Gasteiger partial charge in [-0.2, -0.15) is 0 Å². The summed E-state index contributed by atoms with van der Waals surface area (Å²) in [6.45, 7) is 3.82. The summed E-state index contributed by atoms with van der Waals surface area (Å²) in [5.74, 6) is 0.439. The predicted molar refractivity (Wildman–Crippen MR) is 180 cm³/mol. The van der Waals surface area contributed by atoms with E-state index in [-0.39, 0.29) is 39.7 Å². The van der Waals surface area contributed by atoms with Gasteiger partial charge in [-0.25, -0.2) is 0 Å². The van der Waals surface area contributed by atoms with Gasteiger partial charge in [0, 0.05) is 56.3 Å². The molecule has 3 saturated heterocycles. The molecule has 3 saturated carbocycles. The van der Waals surface area contributed by atoms with Crippen LogP contribution < -0.4 is 5.32 Å². The van der Waals surface area contributed by atoms with Gasteiger partial charge in [0.05, 0.1) is 11.0 Å². The second-order valence-electron chi connectivity index (χ2n) is 16.0. The Balaban J connectivity index is 1.06. The Hall–Kier alpha value is -1.93. The number of amides is 2. The summed E-state index contributed by atoms with van der Waals surface area (Å²) in [5.41, 5.74) is 1.19. The quantitative estimate of drug-likeness (QED) is 0.310. The van der Waals surface area contributed by atoms with Gasteiger partial charge in [0.15, 0.2) is 0 Å². The Labute approximate surface area is 280 Å². The van der Waals surface area contributed by atoms with Crippen molar-refractivity contribution in [2.45, 2.75) is 119 Å². The van der Waals surface area contributed by atoms with Crippen LogP contribution >= 0.6 is 11.6 Å². The Morgan fingerprint density at radius 2 is 1.54 bits per heavy atom. The first-order valence-corrected chi connectivity index (χ1v) is 19.0. The highest BCUT2D eigenvalue weighted by Gasteiger charge is 2.68. The Kier molecular flexibility index (Phi) is 8.10. The first-order chi connectivity index (χ1) is 22.3. The lowest BCUT2D eigenvalue weighted by molar-refractivity contribution is -0.143. The topological polar surface area (TPSA) is 76.1 Å². The van der Waals surface area contributed by atoms with Crippen molar-refractivity contribution in [2.24, 2.45) is 16.7 Å². The summed E-state index contributed by atoms with van der Waals surface area (Å²) >= 11 is 7.57. The van der Waals surface area contributed by atoms with Crippen molar-refractivity contribution >= 4 is 23.4 Å². The van der Waals surface area contributed by atoms with Crippen LogP contribution in [0.2, 0.25) is 0 Å². The number of halogens is 1. The van der Waals surface area contributed by atoms with Crippen molar-refractivity contribution in [3.8, 4) is 0 Å². The largest absolute Gasteiger partial charge is 0.380 e. The summed E-state index contributed by atoms with van der Waals surface area (Å²) in [7, 11) is 0.